The van der Waals surface area contributed by atoms with Crippen molar-refractivity contribution in [1.29, 1.82) is 0 Å². The monoisotopic (exact) mass is 383 g/mol. The summed E-state index contributed by atoms with van der Waals surface area (Å²) in [4.78, 5) is 29.6. The first kappa shape index (κ1) is 17.1. The second-order valence-corrected chi connectivity index (χ2v) is 8.17. The van der Waals surface area contributed by atoms with E-state index in [0.717, 1.165) is 26.5 Å². The van der Waals surface area contributed by atoms with Crippen molar-refractivity contribution < 1.29 is 14.5 Å². The van der Waals surface area contributed by atoms with Gasteiger partial charge in [-0.2, -0.15) is 0 Å². The highest BCUT2D eigenvalue weighted by molar-refractivity contribution is 9.11. The second kappa shape index (κ2) is 6.89. The lowest BCUT2D eigenvalue weighted by molar-refractivity contribution is -0.884. The van der Waals surface area contributed by atoms with Crippen LogP contribution >= 0.6 is 27.3 Å². The third-order valence-corrected chi connectivity index (χ3v) is 5.26. The Bertz CT molecular complexity index is 718. The van der Waals surface area contributed by atoms with Crippen LogP contribution in [0.2, 0.25) is 0 Å². The van der Waals surface area contributed by atoms with Gasteiger partial charge in [0.25, 0.3) is 0 Å². The first-order valence-electron chi connectivity index (χ1n) is 7.08. The molecule has 118 valence electrons. The molecule has 0 fully saturated rings. The van der Waals surface area contributed by atoms with Crippen molar-refractivity contribution in [2.24, 2.45) is 0 Å². The predicted molar refractivity (Wildman–Crippen MR) is 92.1 cm³/mol. The number of halogens is 1. The van der Waals surface area contributed by atoms with E-state index in [1.54, 1.807) is 11.3 Å². The van der Waals surface area contributed by atoms with E-state index in [0.29, 0.717) is 17.8 Å². The molecular weight excluding hydrogens is 364 g/mol. The average molecular weight is 384 g/mol. The van der Waals surface area contributed by atoms with Crippen molar-refractivity contribution in [3.63, 3.8) is 0 Å². The van der Waals surface area contributed by atoms with Crippen molar-refractivity contribution in [2.75, 3.05) is 13.6 Å². The average Bonchev–Trinajstić information content (AvgIpc) is 2.92. The van der Waals surface area contributed by atoms with Gasteiger partial charge in [0.2, 0.25) is 5.78 Å². The number of likely N-dealkylation sites (N-methyl/N-ethyl adjacent to an activating group) is 1. The fourth-order valence-corrected chi connectivity index (χ4v) is 4.32. The molecule has 2 rings (SSSR count). The smallest absolute Gasteiger partial charge is 0.233 e. The molecule has 0 bridgehead atoms. The van der Waals surface area contributed by atoms with Gasteiger partial charge >= 0.3 is 0 Å². The molecule has 0 spiro atoms. The fourth-order valence-electron chi connectivity index (χ4n) is 2.73. The van der Waals surface area contributed by atoms with Gasteiger partial charge in [-0.25, -0.2) is 0 Å². The van der Waals surface area contributed by atoms with E-state index in [1.807, 2.05) is 27.0 Å². The maximum Gasteiger partial charge on any atom is 0.233 e. The summed E-state index contributed by atoms with van der Waals surface area (Å²) in [7, 11) is 2.00. The lowest BCUT2D eigenvalue weighted by Gasteiger charge is -2.11. The van der Waals surface area contributed by atoms with Crippen LogP contribution in [0.25, 0.3) is 0 Å². The molecule has 0 aliphatic rings. The Kier molecular flexibility index (Phi) is 5.36. The number of carbonyl (C=O) groups is 2. The molecule has 0 aliphatic heterocycles. The van der Waals surface area contributed by atoms with Crippen LogP contribution in [0.5, 0.6) is 0 Å². The van der Waals surface area contributed by atoms with Gasteiger partial charge in [0.15, 0.2) is 5.78 Å². The van der Waals surface area contributed by atoms with Gasteiger partial charge in [-0.3, -0.25) is 9.59 Å². The first-order chi connectivity index (χ1) is 10.3. The summed E-state index contributed by atoms with van der Waals surface area (Å²) in [5, 5.41) is 0. The molecule has 6 heteroatoms. The molecule has 1 atom stereocenters. The maximum absolute atomic E-state index is 12.5. The highest BCUT2D eigenvalue weighted by Crippen LogP contribution is 2.21. The molecule has 22 heavy (non-hydrogen) atoms. The maximum atomic E-state index is 12.5. The standard InChI is InChI=1S/C16H19BrN2O2S/c1-9-15(11(3)20)10(2)18-16(9)13(21)8-19(4)7-12-5-6-14(17)22-12/h5-6,18H,7-8H2,1-4H3/p+1. The zero-order valence-electron chi connectivity index (χ0n) is 13.2. The lowest BCUT2D eigenvalue weighted by atomic mass is 10.1. The van der Waals surface area contributed by atoms with E-state index in [1.165, 1.54) is 11.8 Å². The molecule has 2 aromatic heterocycles. The molecule has 0 amide bonds. The van der Waals surface area contributed by atoms with Crippen molar-refractivity contribution in [3.8, 4) is 0 Å². The third-order valence-electron chi connectivity index (χ3n) is 3.64. The van der Waals surface area contributed by atoms with Crippen LogP contribution in [0.3, 0.4) is 0 Å². The number of aromatic amines is 1. The van der Waals surface area contributed by atoms with E-state index < -0.39 is 0 Å². The van der Waals surface area contributed by atoms with E-state index >= 15 is 0 Å². The van der Waals surface area contributed by atoms with E-state index in [-0.39, 0.29) is 11.6 Å². The number of quaternary nitrogens is 1. The Morgan fingerprint density at radius 3 is 2.50 bits per heavy atom. The normalized spacial score (nSPS) is 12.4. The van der Waals surface area contributed by atoms with Crippen molar-refractivity contribution in [2.45, 2.75) is 27.3 Å². The van der Waals surface area contributed by atoms with Gasteiger partial charge in [-0.05, 0) is 54.4 Å². The number of aromatic nitrogens is 1. The SMILES string of the molecule is CC(=O)c1c(C)[nH]c(C(=O)C[NH+](C)Cc2ccc(Br)s2)c1C. The molecule has 0 radical (unpaired) electrons. The predicted octanol–water partition coefficient (Wildman–Crippen LogP) is 2.56. The Labute approximate surface area is 142 Å². The Morgan fingerprint density at radius 1 is 1.32 bits per heavy atom. The zero-order chi connectivity index (χ0) is 16.4. The van der Waals surface area contributed by atoms with Gasteiger partial charge in [-0.1, -0.05) is 0 Å². The largest absolute Gasteiger partial charge is 0.355 e. The van der Waals surface area contributed by atoms with Gasteiger partial charge in [0.1, 0.15) is 13.1 Å². The first-order valence-corrected chi connectivity index (χ1v) is 8.69. The van der Waals surface area contributed by atoms with Gasteiger partial charge in [0.05, 0.1) is 21.4 Å². The number of Topliss-reactive ketones (excluding diaryl/α,β-unsaturated/α-hetero) is 2. The van der Waals surface area contributed by atoms with Crippen LogP contribution in [0, 0.1) is 13.8 Å². The summed E-state index contributed by atoms with van der Waals surface area (Å²) < 4.78 is 1.10. The summed E-state index contributed by atoms with van der Waals surface area (Å²) in [5.41, 5.74) is 2.74. The summed E-state index contributed by atoms with van der Waals surface area (Å²) in [6, 6.07) is 4.09. The highest BCUT2D eigenvalue weighted by atomic mass is 79.9. The minimum Gasteiger partial charge on any atom is -0.355 e. The fraction of sp³-hybridized carbons (Fsp3) is 0.375. The number of thiophene rings is 1. The molecule has 1 unspecified atom stereocenters. The van der Waals surface area contributed by atoms with Gasteiger partial charge in [-0.15, -0.1) is 11.3 Å². The van der Waals surface area contributed by atoms with E-state index in [2.05, 4.69) is 27.0 Å². The number of ketones is 2. The molecule has 0 aromatic carbocycles. The number of H-pyrrole nitrogens is 1. The van der Waals surface area contributed by atoms with Crippen molar-refractivity contribution in [3.05, 3.63) is 43.3 Å². The number of nitrogens with one attached hydrogen (secondary N) is 2. The highest BCUT2D eigenvalue weighted by Gasteiger charge is 2.22. The van der Waals surface area contributed by atoms with Crippen LogP contribution in [-0.2, 0) is 6.54 Å². The van der Waals surface area contributed by atoms with Gasteiger partial charge < -0.3 is 9.88 Å². The Morgan fingerprint density at radius 2 is 2.00 bits per heavy atom. The molecule has 0 aliphatic carbocycles. The van der Waals surface area contributed by atoms with Crippen molar-refractivity contribution >= 4 is 38.8 Å². The second-order valence-electron chi connectivity index (χ2n) is 5.62. The quantitative estimate of drug-likeness (QED) is 0.753. The van der Waals surface area contributed by atoms with E-state index in [9.17, 15) is 9.59 Å². The topological polar surface area (TPSA) is 54.4 Å². The van der Waals surface area contributed by atoms with Crippen LogP contribution in [0.1, 0.15) is 43.9 Å². The van der Waals surface area contributed by atoms with Crippen LogP contribution in [0.15, 0.2) is 15.9 Å². The molecule has 2 heterocycles. The van der Waals surface area contributed by atoms with Crippen LogP contribution in [0.4, 0.5) is 0 Å². The summed E-state index contributed by atoms with van der Waals surface area (Å²) in [6.45, 7) is 6.40. The van der Waals surface area contributed by atoms with Gasteiger partial charge in [0, 0.05) is 11.3 Å². The van der Waals surface area contributed by atoms with E-state index in [4.69, 9.17) is 0 Å². The number of hydrogen-bond donors (Lipinski definition) is 2. The number of hydrogen-bond acceptors (Lipinski definition) is 3. The summed E-state index contributed by atoms with van der Waals surface area (Å²) in [6.07, 6.45) is 0. The number of aryl methyl sites for hydroxylation is 1. The molecule has 2 N–H and O–H groups in total. The molecule has 2 aromatic rings. The molecule has 4 nitrogen and oxygen atoms in total. The summed E-state index contributed by atoms with van der Waals surface area (Å²) in [5.74, 6) is 0.0376. The number of rotatable bonds is 6. The third kappa shape index (κ3) is 3.74. The number of carbonyl (C=O) groups excluding carboxylic acids is 2. The van der Waals surface area contributed by atoms with Crippen molar-refractivity contribution in [1.82, 2.24) is 4.98 Å². The minimum atomic E-state index is -0.00515. The molecule has 0 saturated carbocycles. The molecular formula is C16H20BrN2O2S+. The van der Waals surface area contributed by atoms with Crippen LogP contribution < -0.4 is 4.90 Å². The lowest BCUT2D eigenvalue weighted by Crippen LogP contribution is -3.08. The Hall–Kier alpha value is -1.24. The summed E-state index contributed by atoms with van der Waals surface area (Å²) >= 11 is 5.13. The minimum absolute atomic E-state index is 0.00515. The Balaban J connectivity index is 2.09. The van der Waals surface area contributed by atoms with Crippen LogP contribution in [-0.4, -0.2) is 30.1 Å². The zero-order valence-corrected chi connectivity index (χ0v) is 15.6. The molecule has 0 saturated heterocycles.